The highest BCUT2D eigenvalue weighted by atomic mass is 79.9. The van der Waals surface area contributed by atoms with E-state index in [4.69, 9.17) is 12.2 Å². The summed E-state index contributed by atoms with van der Waals surface area (Å²) in [5.41, 5.74) is 0. The van der Waals surface area contributed by atoms with Gasteiger partial charge in [-0.2, -0.15) is 0 Å². The summed E-state index contributed by atoms with van der Waals surface area (Å²) in [5, 5.41) is 0. The van der Waals surface area contributed by atoms with Gasteiger partial charge in [0.1, 0.15) is 10.5 Å². The monoisotopic (exact) mass is 300 g/mol. The summed E-state index contributed by atoms with van der Waals surface area (Å²) in [6.07, 6.45) is 8.30. The molecule has 0 radical (unpaired) electrons. The van der Waals surface area contributed by atoms with Crippen molar-refractivity contribution < 1.29 is 0 Å². The number of hydrogen-bond acceptors (Lipinski definition) is 2. The lowest BCUT2D eigenvalue weighted by Gasteiger charge is -2.27. The molecule has 88 valence electrons. The van der Waals surface area contributed by atoms with E-state index < -0.39 is 0 Å². The molecule has 0 atom stereocenters. The van der Waals surface area contributed by atoms with Crippen molar-refractivity contribution in [3.63, 3.8) is 0 Å². The molecule has 1 fully saturated rings. The number of rotatable bonds is 2. The Bertz CT molecular complexity index is 408. The van der Waals surface area contributed by atoms with Crippen molar-refractivity contribution in [1.82, 2.24) is 9.97 Å². The van der Waals surface area contributed by atoms with Gasteiger partial charge < -0.3 is 4.98 Å². The van der Waals surface area contributed by atoms with Crippen LogP contribution in [0.25, 0.3) is 0 Å². The van der Waals surface area contributed by atoms with Gasteiger partial charge in [-0.1, -0.05) is 25.6 Å². The van der Waals surface area contributed by atoms with E-state index in [0.29, 0.717) is 5.92 Å². The summed E-state index contributed by atoms with van der Waals surface area (Å²) >= 11 is 8.59. The minimum atomic E-state index is 0.581. The van der Waals surface area contributed by atoms with E-state index in [1.165, 1.54) is 32.1 Å². The molecule has 4 heteroatoms. The highest BCUT2D eigenvalue weighted by Gasteiger charge is 2.22. The van der Waals surface area contributed by atoms with Crippen molar-refractivity contribution >= 4 is 28.1 Å². The van der Waals surface area contributed by atoms with Gasteiger partial charge in [-0.15, -0.1) is 0 Å². The second-order valence-corrected chi connectivity index (χ2v) is 5.83. The van der Waals surface area contributed by atoms with Crippen molar-refractivity contribution in [1.29, 1.82) is 0 Å². The molecular formula is C12H17BrN2S. The standard InChI is InChI=1S/C12H17BrN2S/c1-2-8-3-5-9(6-4-8)11-14-7-10(13)12(16)15-11/h7-9H,2-6H2,1H3,(H,14,15,16). The van der Waals surface area contributed by atoms with Crippen LogP contribution in [-0.2, 0) is 0 Å². The molecule has 0 unspecified atom stereocenters. The second-order valence-electron chi connectivity index (χ2n) is 4.57. The molecule has 1 N–H and O–H groups in total. The van der Waals surface area contributed by atoms with Crippen molar-refractivity contribution in [3.8, 4) is 0 Å². The highest BCUT2D eigenvalue weighted by Crippen LogP contribution is 2.35. The molecular weight excluding hydrogens is 284 g/mol. The summed E-state index contributed by atoms with van der Waals surface area (Å²) in [7, 11) is 0. The number of hydrogen-bond donors (Lipinski definition) is 1. The van der Waals surface area contributed by atoms with Crippen molar-refractivity contribution in [2.45, 2.75) is 44.9 Å². The third-order valence-corrected chi connectivity index (χ3v) is 4.77. The maximum absolute atomic E-state index is 5.21. The number of aromatic amines is 1. The number of nitrogens with zero attached hydrogens (tertiary/aromatic N) is 1. The van der Waals surface area contributed by atoms with Gasteiger partial charge in [0.15, 0.2) is 0 Å². The van der Waals surface area contributed by atoms with E-state index in [1.807, 2.05) is 6.20 Å². The molecule has 1 aliphatic carbocycles. The average molecular weight is 301 g/mol. The van der Waals surface area contributed by atoms with E-state index >= 15 is 0 Å². The minimum Gasteiger partial charge on any atom is -0.334 e. The fraction of sp³-hybridized carbons (Fsp3) is 0.667. The topological polar surface area (TPSA) is 28.7 Å². The zero-order chi connectivity index (χ0) is 11.5. The predicted octanol–water partition coefficient (Wildman–Crippen LogP) is 4.59. The first kappa shape index (κ1) is 12.2. The van der Waals surface area contributed by atoms with Crippen molar-refractivity contribution in [2.24, 2.45) is 5.92 Å². The summed E-state index contributed by atoms with van der Waals surface area (Å²) in [6, 6.07) is 0. The van der Waals surface area contributed by atoms with Crippen LogP contribution in [0.15, 0.2) is 10.7 Å². The zero-order valence-corrected chi connectivity index (χ0v) is 11.9. The molecule has 1 saturated carbocycles. The first-order chi connectivity index (χ1) is 7.70. The average Bonchev–Trinajstić information content (AvgIpc) is 2.33. The van der Waals surface area contributed by atoms with Gasteiger partial charge in [-0.25, -0.2) is 4.98 Å². The van der Waals surface area contributed by atoms with Crippen molar-refractivity contribution in [2.75, 3.05) is 0 Å². The largest absolute Gasteiger partial charge is 0.334 e. The van der Waals surface area contributed by atoms with Gasteiger partial charge in [0, 0.05) is 12.1 Å². The predicted molar refractivity (Wildman–Crippen MR) is 72.1 cm³/mol. The number of halogens is 1. The van der Waals surface area contributed by atoms with Crippen LogP contribution in [0.5, 0.6) is 0 Å². The van der Waals surface area contributed by atoms with Gasteiger partial charge in [0.05, 0.1) is 4.47 Å². The van der Waals surface area contributed by atoms with Crippen LogP contribution in [0.3, 0.4) is 0 Å². The highest BCUT2D eigenvalue weighted by molar-refractivity contribution is 9.10. The summed E-state index contributed by atoms with van der Waals surface area (Å²) in [5.74, 6) is 2.58. The van der Waals surface area contributed by atoms with Crippen LogP contribution in [0.4, 0.5) is 0 Å². The molecule has 1 heterocycles. The Balaban J connectivity index is 2.08. The summed E-state index contributed by atoms with van der Waals surface area (Å²) < 4.78 is 1.65. The number of H-pyrrole nitrogens is 1. The summed E-state index contributed by atoms with van der Waals surface area (Å²) in [6.45, 7) is 2.29. The first-order valence-corrected chi connectivity index (χ1v) is 7.15. The van der Waals surface area contributed by atoms with E-state index in [-0.39, 0.29) is 0 Å². The van der Waals surface area contributed by atoms with Gasteiger partial charge in [-0.05, 0) is 47.5 Å². The zero-order valence-electron chi connectivity index (χ0n) is 9.50. The van der Waals surface area contributed by atoms with Crippen LogP contribution >= 0.6 is 28.1 Å². The quantitative estimate of drug-likeness (QED) is 0.810. The maximum Gasteiger partial charge on any atom is 0.120 e. The third kappa shape index (κ3) is 2.72. The number of aromatic nitrogens is 2. The molecule has 16 heavy (non-hydrogen) atoms. The first-order valence-electron chi connectivity index (χ1n) is 5.95. The van der Waals surface area contributed by atoms with Crippen LogP contribution in [0, 0.1) is 10.6 Å². The Labute approximate surface area is 110 Å². The molecule has 1 aromatic rings. The Morgan fingerprint density at radius 1 is 1.44 bits per heavy atom. The molecule has 1 aromatic heterocycles. The smallest absolute Gasteiger partial charge is 0.120 e. The van der Waals surface area contributed by atoms with Gasteiger partial charge >= 0.3 is 0 Å². The molecule has 0 bridgehead atoms. The fourth-order valence-corrected chi connectivity index (χ4v) is 2.80. The van der Waals surface area contributed by atoms with E-state index in [2.05, 4.69) is 32.8 Å². The normalized spacial score (nSPS) is 25.6. The lowest BCUT2D eigenvalue weighted by atomic mass is 9.80. The molecule has 0 saturated heterocycles. The Morgan fingerprint density at radius 3 is 2.69 bits per heavy atom. The molecule has 0 spiro atoms. The third-order valence-electron chi connectivity index (χ3n) is 3.59. The molecule has 0 aliphatic heterocycles. The van der Waals surface area contributed by atoms with E-state index in [9.17, 15) is 0 Å². The molecule has 1 aliphatic rings. The SMILES string of the molecule is CCC1CCC(c2ncc(Br)c(=S)[nH]2)CC1. The van der Waals surface area contributed by atoms with Gasteiger partial charge in [0.2, 0.25) is 0 Å². The van der Waals surface area contributed by atoms with Crippen LogP contribution < -0.4 is 0 Å². The lowest BCUT2D eigenvalue weighted by molar-refractivity contribution is 0.312. The van der Waals surface area contributed by atoms with Crippen LogP contribution in [0.1, 0.15) is 50.8 Å². The molecule has 0 aromatic carbocycles. The van der Waals surface area contributed by atoms with Crippen LogP contribution in [0.2, 0.25) is 0 Å². The Hall–Kier alpha value is -0.220. The van der Waals surface area contributed by atoms with Crippen molar-refractivity contribution in [3.05, 3.63) is 21.1 Å². The lowest BCUT2D eigenvalue weighted by Crippen LogP contribution is -2.14. The Kier molecular flexibility index (Phi) is 4.14. The molecule has 2 nitrogen and oxygen atoms in total. The maximum atomic E-state index is 5.21. The van der Waals surface area contributed by atoms with Crippen LogP contribution in [-0.4, -0.2) is 9.97 Å². The van der Waals surface area contributed by atoms with Gasteiger partial charge in [-0.3, -0.25) is 0 Å². The molecule has 2 rings (SSSR count). The minimum absolute atomic E-state index is 0.581. The number of nitrogens with one attached hydrogen (secondary N) is 1. The van der Waals surface area contributed by atoms with E-state index in [0.717, 1.165) is 20.9 Å². The van der Waals surface area contributed by atoms with E-state index in [1.54, 1.807) is 0 Å². The Morgan fingerprint density at radius 2 is 2.12 bits per heavy atom. The fourth-order valence-electron chi connectivity index (χ4n) is 2.44. The molecule has 0 amide bonds. The second kappa shape index (κ2) is 5.41. The van der Waals surface area contributed by atoms with Gasteiger partial charge in [0.25, 0.3) is 0 Å². The summed E-state index contributed by atoms with van der Waals surface area (Å²) in [4.78, 5) is 7.68.